The quantitative estimate of drug-likeness (QED) is 0.645. The van der Waals surface area contributed by atoms with Gasteiger partial charge < -0.3 is 8.85 Å². The molecule has 0 saturated carbocycles. The van der Waals surface area contributed by atoms with Gasteiger partial charge in [-0.2, -0.15) is 0 Å². The largest absolute Gasteiger partial charge is 0.394 e. The molecule has 1 rings (SSSR count). The lowest BCUT2D eigenvalue weighted by Crippen LogP contribution is -2.50. The van der Waals surface area contributed by atoms with Gasteiger partial charge in [0.2, 0.25) is 0 Å². The van der Waals surface area contributed by atoms with Crippen LogP contribution in [-0.2, 0) is 8.85 Å². The topological polar surface area (TPSA) is 31.4 Å². The minimum atomic E-state index is -2.18. The van der Waals surface area contributed by atoms with Crippen molar-refractivity contribution in [1.82, 2.24) is 4.98 Å². The second-order valence-electron chi connectivity index (χ2n) is 2.57. The maximum absolute atomic E-state index is 5.33. The van der Waals surface area contributed by atoms with Crippen molar-refractivity contribution in [3.8, 4) is 0 Å². The van der Waals surface area contributed by atoms with Crippen LogP contribution in [0.4, 0.5) is 0 Å². The van der Waals surface area contributed by atoms with Crippen LogP contribution in [0.3, 0.4) is 0 Å². The van der Waals surface area contributed by atoms with E-state index in [-0.39, 0.29) is 0 Å². The summed E-state index contributed by atoms with van der Waals surface area (Å²) in [6.07, 6.45) is 1.75. The predicted octanol–water partition coefficient (Wildman–Crippen LogP) is 0.653. The highest BCUT2D eigenvalue weighted by molar-refractivity contribution is 6.79. The smallest absolute Gasteiger partial charge is 0.387 e. The minimum absolute atomic E-state index is 0.912. The molecule has 0 bridgehead atoms. The molecule has 0 radical (unpaired) electrons. The molecule has 0 aliphatic rings. The Kier molecular flexibility index (Phi) is 2.97. The number of aromatic nitrogens is 1. The number of pyridine rings is 1. The molecule has 12 heavy (non-hydrogen) atoms. The van der Waals surface area contributed by atoms with E-state index in [2.05, 4.69) is 4.98 Å². The molecule has 0 atom stereocenters. The van der Waals surface area contributed by atoms with Crippen molar-refractivity contribution in [2.45, 2.75) is 6.55 Å². The third-order valence-corrected chi connectivity index (χ3v) is 4.69. The van der Waals surface area contributed by atoms with E-state index in [1.54, 1.807) is 20.4 Å². The lowest BCUT2D eigenvalue weighted by molar-refractivity contribution is 0.264. The Bertz CT molecular complexity index is 236. The SMILES string of the molecule is CO[Si](C)(OC)c1ccccn1. The van der Waals surface area contributed by atoms with Crippen LogP contribution in [-0.4, -0.2) is 27.8 Å². The summed E-state index contributed by atoms with van der Waals surface area (Å²) in [6.45, 7) is 1.97. The van der Waals surface area contributed by atoms with E-state index in [0.29, 0.717) is 0 Å². The zero-order chi connectivity index (χ0) is 9.03. The Balaban J connectivity index is 2.95. The van der Waals surface area contributed by atoms with Crippen LogP contribution in [0, 0.1) is 0 Å². The molecule has 0 amide bonds. The molecule has 0 aromatic carbocycles. The molecule has 0 unspecified atom stereocenters. The van der Waals surface area contributed by atoms with Gasteiger partial charge in [0.25, 0.3) is 0 Å². The second kappa shape index (κ2) is 3.80. The third-order valence-electron chi connectivity index (χ3n) is 1.91. The molecule has 0 saturated heterocycles. The van der Waals surface area contributed by atoms with Crippen molar-refractivity contribution < 1.29 is 8.85 Å². The molecular formula is C8H13NO2Si. The fourth-order valence-electron chi connectivity index (χ4n) is 0.924. The standard InChI is InChI=1S/C8H13NO2Si/c1-10-12(3,11-2)8-6-4-5-7-9-8/h4-7H,1-3H3. The molecule has 1 heterocycles. The Hall–Kier alpha value is -0.713. The van der Waals surface area contributed by atoms with E-state index in [0.717, 1.165) is 5.32 Å². The summed E-state index contributed by atoms with van der Waals surface area (Å²) in [5, 5.41) is 0.912. The molecule has 4 heteroatoms. The summed E-state index contributed by atoms with van der Waals surface area (Å²) >= 11 is 0. The van der Waals surface area contributed by atoms with Crippen molar-refractivity contribution in [2.24, 2.45) is 0 Å². The van der Waals surface area contributed by atoms with Gasteiger partial charge in [-0.05, 0) is 18.7 Å². The van der Waals surface area contributed by atoms with Crippen molar-refractivity contribution in [3.05, 3.63) is 24.4 Å². The van der Waals surface area contributed by atoms with Gasteiger partial charge in [-0.15, -0.1) is 0 Å². The first-order valence-corrected chi connectivity index (χ1v) is 6.06. The fourth-order valence-corrected chi connectivity index (χ4v) is 2.22. The number of hydrogen-bond acceptors (Lipinski definition) is 3. The molecule has 1 aromatic heterocycles. The highest BCUT2D eigenvalue weighted by atomic mass is 28.4. The normalized spacial score (nSPS) is 11.6. The molecule has 0 N–H and O–H groups in total. The molecule has 1 aromatic rings. The molecule has 0 aliphatic heterocycles. The number of rotatable bonds is 3. The van der Waals surface area contributed by atoms with Gasteiger partial charge >= 0.3 is 8.56 Å². The highest BCUT2D eigenvalue weighted by Gasteiger charge is 2.32. The van der Waals surface area contributed by atoms with Gasteiger partial charge in [0, 0.05) is 20.4 Å². The van der Waals surface area contributed by atoms with Crippen LogP contribution in [0.25, 0.3) is 0 Å². The summed E-state index contributed by atoms with van der Waals surface area (Å²) in [7, 11) is 1.13. The molecule has 0 aliphatic carbocycles. The monoisotopic (exact) mass is 183 g/mol. The maximum Gasteiger partial charge on any atom is 0.387 e. The Morgan fingerprint density at radius 2 is 1.92 bits per heavy atom. The Morgan fingerprint density at radius 1 is 1.25 bits per heavy atom. The molecule has 66 valence electrons. The average Bonchev–Trinajstić information content (AvgIpc) is 2.18. The summed E-state index contributed by atoms with van der Waals surface area (Å²) in [4.78, 5) is 4.20. The predicted molar refractivity (Wildman–Crippen MR) is 49.5 cm³/mol. The number of hydrogen-bond donors (Lipinski definition) is 0. The first kappa shape index (κ1) is 9.38. The second-order valence-corrected chi connectivity index (χ2v) is 5.79. The van der Waals surface area contributed by atoms with Crippen molar-refractivity contribution >= 4 is 13.9 Å². The van der Waals surface area contributed by atoms with Gasteiger partial charge in [-0.1, -0.05) is 6.07 Å². The molecular weight excluding hydrogens is 170 g/mol. The van der Waals surface area contributed by atoms with Gasteiger partial charge in [0.15, 0.2) is 0 Å². The van der Waals surface area contributed by atoms with Crippen molar-refractivity contribution in [3.63, 3.8) is 0 Å². The Labute approximate surface area is 73.6 Å². The van der Waals surface area contributed by atoms with Gasteiger partial charge in [-0.25, -0.2) is 0 Å². The first-order valence-electron chi connectivity index (χ1n) is 3.75. The van der Waals surface area contributed by atoms with Crippen LogP contribution in [0.1, 0.15) is 0 Å². The van der Waals surface area contributed by atoms with Crippen molar-refractivity contribution in [2.75, 3.05) is 14.2 Å². The lowest BCUT2D eigenvalue weighted by atomic mass is 10.5. The van der Waals surface area contributed by atoms with E-state index in [1.807, 2.05) is 24.7 Å². The Morgan fingerprint density at radius 3 is 2.33 bits per heavy atom. The van der Waals surface area contributed by atoms with E-state index >= 15 is 0 Å². The zero-order valence-electron chi connectivity index (χ0n) is 7.57. The van der Waals surface area contributed by atoms with Crippen molar-refractivity contribution in [1.29, 1.82) is 0 Å². The lowest BCUT2D eigenvalue weighted by Gasteiger charge is -2.21. The third kappa shape index (κ3) is 1.71. The van der Waals surface area contributed by atoms with Gasteiger partial charge in [0.1, 0.15) is 0 Å². The first-order chi connectivity index (χ1) is 5.73. The van der Waals surface area contributed by atoms with Gasteiger partial charge in [0.05, 0.1) is 5.32 Å². The van der Waals surface area contributed by atoms with E-state index in [9.17, 15) is 0 Å². The van der Waals surface area contributed by atoms with Crippen LogP contribution in [0.5, 0.6) is 0 Å². The maximum atomic E-state index is 5.33. The average molecular weight is 183 g/mol. The van der Waals surface area contributed by atoms with E-state index in [1.165, 1.54) is 0 Å². The molecule has 0 spiro atoms. The van der Waals surface area contributed by atoms with Gasteiger partial charge in [-0.3, -0.25) is 4.98 Å². The summed E-state index contributed by atoms with van der Waals surface area (Å²) in [5.41, 5.74) is 0. The summed E-state index contributed by atoms with van der Waals surface area (Å²) < 4.78 is 10.7. The van der Waals surface area contributed by atoms with E-state index < -0.39 is 8.56 Å². The molecule has 3 nitrogen and oxygen atoms in total. The minimum Gasteiger partial charge on any atom is -0.394 e. The number of nitrogens with zero attached hydrogens (tertiary/aromatic N) is 1. The highest BCUT2D eigenvalue weighted by Crippen LogP contribution is 2.02. The van der Waals surface area contributed by atoms with Crippen LogP contribution < -0.4 is 5.32 Å². The fraction of sp³-hybridized carbons (Fsp3) is 0.375. The van der Waals surface area contributed by atoms with Crippen LogP contribution >= 0.6 is 0 Å². The van der Waals surface area contributed by atoms with Crippen LogP contribution in [0.2, 0.25) is 6.55 Å². The summed E-state index contributed by atoms with van der Waals surface area (Å²) in [6, 6.07) is 5.74. The summed E-state index contributed by atoms with van der Waals surface area (Å²) in [5.74, 6) is 0. The zero-order valence-corrected chi connectivity index (χ0v) is 8.57. The van der Waals surface area contributed by atoms with E-state index in [4.69, 9.17) is 8.85 Å². The molecule has 0 fully saturated rings. The van der Waals surface area contributed by atoms with Crippen LogP contribution in [0.15, 0.2) is 24.4 Å².